The number of rotatable bonds is 7. The molecule has 1 aromatic carbocycles. The number of aromatic nitrogens is 1. The Morgan fingerprint density at radius 2 is 2.15 bits per heavy atom. The molecule has 0 spiro atoms. The van der Waals surface area contributed by atoms with Crippen LogP contribution in [-0.2, 0) is 9.84 Å². The zero-order valence-electron chi connectivity index (χ0n) is 11.5. The predicted octanol–water partition coefficient (Wildman–Crippen LogP) is 2.54. The Bertz CT molecular complexity index is 680. The van der Waals surface area contributed by atoms with Gasteiger partial charge in [0.2, 0.25) is 0 Å². The van der Waals surface area contributed by atoms with Gasteiger partial charge in [-0.1, -0.05) is 18.3 Å². The summed E-state index contributed by atoms with van der Waals surface area (Å²) >= 11 is 1.50. The number of nitrogens with one attached hydrogen (secondary N) is 1. The molecule has 5 nitrogen and oxygen atoms in total. The van der Waals surface area contributed by atoms with Crippen molar-refractivity contribution in [2.75, 3.05) is 30.0 Å². The first kappa shape index (κ1) is 15.1. The van der Waals surface area contributed by atoms with Gasteiger partial charge in [-0.2, -0.15) is 0 Å². The van der Waals surface area contributed by atoms with Crippen LogP contribution < -0.4 is 10.1 Å². The molecule has 0 amide bonds. The summed E-state index contributed by atoms with van der Waals surface area (Å²) in [6, 6.07) is 5.74. The maximum atomic E-state index is 11.4. The lowest BCUT2D eigenvalue weighted by molar-refractivity contribution is 0.341. The number of thiazole rings is 1. The van der Waals surface area contributed by atoms with Crippen LogP contribution in [0.25, 0.3) is 10.2 Å². The highest BCUT2D eigenvalue weighted by Crippen LogP contribution is 2.29. The maximum Gasteiger partial charge on any atom is 0.183 e. The summed E-state index contributed by atoms with van der Waals surface area (Å²) in [6.07, 6.45) is 0. The van der Waals surface area contributed by atoms with E-state index >= 15 is 0 Å². The molecule has 1 N–H and O–H groups in total. The average Bonchev–Trinajstić information content (AvgIpc) is 2.81. The standard InChI is InChI=1S/C13H18N2O3S2/c1-3-18-10-5-6-11-12(9-10)19-13(15-11)14-7-8-20(16,17)4-2/h5-6,9H,3-4,7-8H2,1-2H3,(H,14,15). The summed E-state index contributed by atoms with van der Waals surface area (Å²) in [7, 11) is -2.94. The largest absolute Gasteiger partial charge is 0.494 e. The number of sulfone groups is 1. The van der Waals surface area contributed by atoms with Gasteiger partial charge in [0, 0.05) is 12.3 Å². The molecule has 2 rings (SSSR count). The molecule has 7 heteroatoms. The van der Waals surface area contributed by atoms with Crippen molar-refractivity contribution in [1.82, 2.24) is 4.98 Å². The molecular weight excluding hydrogens is 296 g/mol. The number of hydrogen-bond donors (Lipinski definition) is 1. The average molecular weight is 314 g/mol. The summed E-state index contributed by atoms with van der Waals surface area (Å²) in [5.41, 5.74) is 0.888. The first-order valence-corrected chi connectivity index (χ1v) is 9.15. The first-order chi connectivity index (χ1) is 9.54. The fraction of sp³-hybridized carbons (Fsp3) is 0.462. The minimum Gasteiger partial charge on any atom is -0.494 e. The molecule has 2 aromatic rings. The second-order valence-electron chi connectivity index (χ2n) is 4.24. The van der Waals surface area contributed by atoms with E-state index in [0.29, 0.717) is 13.2 Å². The van der Waals surface area contributed by atoms with E-state index in [4.69, 9.17) is 4.74 Å². The molecule has 0 saturated heterocycles. The van der Waals surface area contributed by atoms with E-state index in [1.807, 2.05) is 25.1 Å². The lowest BCUT2D eigenvalue weighted by Gasteiger charge is -2.01. The van der Waals surface area contributed by atoms with Crippen molar-refractivity contribution in [3.05, 3.63) is 18.2 Å². The van der Waals surface area contributed by atoms with Crippen molar-refractivity contribution in [1.29, 1.82) is 0 Å². The van der Waals surface area contributed by atoms with E-state index in [2.05, 4.69) is 10.3 Å². The van der Waals surface area contributed by atoms with Gasteiger partial charge >= 0.3 is 0 Å². The van der Waals surface area contributed by atoms with E-state index in [1.54, 1.807) is 6.92 Å². The van der Waals surface area contributed by atoms with Gasteiger partial charge in [-0.25, -0.2) is 13.4 Å². The molecule has 0 aliphatic rings. The molecule has 0 atom stereocenters. The van der Waals surface area contributed by atoms with Gasteiger partial charge < -0.3 is 10.1 Å². The number of hydrogen-bond acceptors (Lipinski definition) is 6. The van der Waals surface area contributed by atoms with E-state index in [0.717, 1.165) is 21.1 Å². The second-order valence-corrected chi connectivity index (χ2v) is 7.75. The van der Waals surface area contributed by atoms with Crippen molar-refractivity contribution in [3.8, 4) is 5.75 Å². The Labute approximate surface area is 122 Å². The highest BCUT2D eigenvalue weighted by atomic mass is 32.2. The van der Waals surface area contributed by atoms with Gasteiger partial charge in [-0.15, -0.1) is 0 Å². The van der Waals surface area contributed by atoms with Crippen LogP contribution in [0.3, 0.4) is 0 Å². The smallest absolute Gasteiger partial charge is 0.183 e. The topological polar surface area (TPSA) is 68.3 Å². The van der Waals surface area contributed by atoms with Crippen LogP contribution in [0.4, 0.5) is 5.13 Å². The van der Waals surface area contributed by atoms with Crippen LogP contribution in [-0.4, -0.2) is 38.1 Å². The van der Waals surface area contributed by atoms with Gasteiger partial charge in [0.25, 0.3) is 0 Å². The molecule has 20 heavy (non-hydrogen) atoms. The molecule has 0 aliphatic carbocycles. The third-order valence-electron chi connectivity index (χ3n) is 2.80. The number of fused-ring (bicyclic) bond motifs is 1. The van der Waals surface area contributed by atoms with Gasteiger partial charge in [0.1, 0.15) is 5.75 Å². The van der Waals surface area contributed by atoms with E-state index in [-0.39, 0.29) is 11.5 Å². The molecule has 0 unspecified atom stereocenters. The van der Waals surface area contributed by atoms with Crippen molar-refractivity contribution in [2.45, 2.75) is 13.8 Å². The van der Waals surface area contributed by atoms with Crippen LogP contribution >= 0.6 is 11.3 Å². The third kappa shape index (κ3) is 3.83. The molecule has 0 fully saturated rings. The van der Waals surface area contributed by atoms with Crippen LogP contribution in [0.1, 0.15) is 13.8 Å². The fourth-order valence-electron chi connectivity index (χ4n) is 1.69. The maximum absolute atomic E-state index is 11.4. The van der Waals surface area contributed by atoms with Crippen molar-refractivity contribution < 1.29 is 13.2 Å². The first-order valence-electron chi connectivity index (χ1n) is 6.51. The molecule has 0 saturated carbocycles. The van der Waals surface area contributed by atoms with Gasteiger partial charge in [-0.05, 0) is 25.1 Å². The Balaban J connectivity index is 2.04. The Hall–Kier alpha value is -1.34. The highest BCUT2D eigenvalue weighted by molar-refractivity contribution is 7.91. The third-order valence-corrected chi connectivity index (χ3v) is 5.48. The van der Waals surface area contributed by atoms with Crippen molar-refractivity contribution in [3.63, 3.8) is 0 Å². The summed E-state index contributed by atoms with van der Waals surface area (Å²) in [6.45, 7) is 4.61. The lowest BCUT2D eigenvalue weighted by Crippen LogP contribution is -2.16. The Morgan fingerprint density at radius 3 is 2.85 bits per heavy atom. The molecule has 0 aliphatic heterocycles. The summed E-state index contributed by atoms with van der Waals surface area (Å²) in [5.74, 6) is 1.12. The molecular formula is C13H18N2O3S2. The molecule has 1 aromatic heterocycles. The quantitative estimate of drug-likeness (QED) is 0.850. The fourth-order valence-corrected chi connectivity index (χ4v) is 3.32. The number of anilines is 1. The lowest BCUT2D eigenvalue weighted by atomic mass is 10.3. The van der Waals surface area contributed by atoms with E-state index in [9.17, 15) is 8.42 Å². The normalized spacial score (nSPS) is 11.7. The van der Waals surface area contributed by atoms with Crippen LogP contribution in [0, 0.1) is 0 Å². The van der Waals surface area contributed by atoms with Crippen molar-refractivity contribution >= 4 is 36.5 Å². The van der Waals surface area contributed by atoms with Crippen molar-refractivity contribution in [2.24, 2.45) is 0 Å². The van der Waals surface area contributed by atoms with Gasteiger partial charge in [0.05, 0.1) is 22.6 Å². The number of ether oxygens (including phenoxy) is 1. The molecule has 0 bridgehead atoms. The van der Waals surface area contributed by atoms with Crippen LogP contribution in [0.5, 0.6) is 5.75 Å². The van der Waals surface area contributed by atoms with Crippen LogP contribution in [0.2, 0.25) is 0 Å². The predicted molar refractivity (Wildman–Crippen MR) is 83.6 cm³/mol. The highest BCUT2D eigenvalue weighted by Gasteiger charge is 2.08. The summed E-state index contributed by atoms with van der Waals surface area (Å²) in [4.78, 5) is 4.42. The summed E-state index contributed by atoms with van der Waals surface area (Å²) < 4.78 is 29.3. The SMILES string of the molecule is CCOc1ccc2nc(NCCS(=O)(=O)CC)sc2c1. The van der Waals surface area contributed by atoms with E-state index in [1.165, 1.54) is 11.3 Å². The van der Waals surface area contributed by atoms with Gasteiger partial charge in [-0.3, -0.25) is 0 Å². The molecule has 1 heterocycles. The summed E-state index contributed by atoms with van der Waals surface area (Å²) in [5, 5.41) is 3.80. The van der Waals surface area contributed by atoms with E-state index < -0.39 is 9.84 Å². The molecule has 110 valence electrons. The Kier molecular flexibility index (Phi) is 4.82. The second kappa shape index (κ2) is 6.41. The minimum atomic E-state index is -2.94. The minimum absolute atomic E-state index is 0.129. The molecule has 0 radical (unpaired) electrons. The number of benzene rings is 1. The zero-order chi connectivity index (χ0) is 14.6. The zero-order valence-corrected chi connectivity index (χ0v) is 13.2. The Morgan fingerprint density at radius 1 is 1.35 bits per heavy atom. The van der Waals surface area contributed by atoms with Gasteiger partial charge in [0.15, 0.2) is 15.0 Å². The van der Waals surface area contributed by atoms with Crippen LogP contribution in [0.15, 0.2) is 18.2 Å². The monoisotopic (exact) mass is 314 g/mol. The number of nitrogens with zero attached hydrogens (tertiary/aromatic N) is 1.